The maximum atomic E-state index is 14.4. The van der Waals surface area contributed by atoms with E-state index in [9.17, 15) is 4.39 Å². The molecular formula is C24H25FN4O3. The van der Waals surface area contributed by atoms with Gasteiger partial charge >= 0.3 is 0 Å². The van der Waals surface area contributed by atoms with Crippen LogP contribution in [0.1, 0.15) is 12.8 Å². The van der Waals surface area contributed by atoms with E-state index in [1.54, 1.807) is 31.5 Å². The molecule has 1 fully saturated rings. The lowest BCUT2D eigenvalue weighted by Crippen LogP contribution is -2.32. The minimum Gasteiger partial charge on any atom is -0.493 e. The molecule has 8 heteroatoms. The van der Waals surface area contributed by atoms with Gasteiger partial charge in [-0.15, -0.1) is 0 Å². The molecule has 166 valence electrons. The molecule has 1 N–H and O–H groups in total. The van der Waals surface area contributed by atoms with E-state index in [4.69, 9.17) is 14.2 Å². The van der Waals surface area contributed by atoms with Crippen LogP contribution in [-0.4, -0.2) is 53.7 Å². The van der Waals surface area contributed by atoms with E-state index < -0.39 is 0 Å². The lowest BCUT2D eigenvalue weighted by molar-refractivity contribution is 0.157. The molecule has 1 saturated heterocycles. The number of ether oxygens (including phenoxy) is 3. The zero-order valence-corrected chi connectivity index (χ0v) is 18.1. The molecule has 0 bridgehead atoms. The van der Waals surface area contributed by atoms with E-state index in [0.717, 1.165) is 25.9 Å². The number of piperidine rings is 1. The quantitative estimate of drug-likeness (QED) is 0.469. The molecule has 2 aromatic carbocycles. The normalized spacial score (nSPS) is 15.3. The lowest BCUT2D eigenvalue weighted by atomic mass is 9.98. The van der Waals surface area contributed by atoms with Crippen molar-refractivity contribution >= 4 is 21.8 Å². The highest BCUT2D eigenvalue weighted by molar-refractivity contribution is 5.89. The molecule has 1 aliphatic rings. The van der Waals surface area contributed by atoms with Crippen LogP contribution in [0.2, 0.25) is 0 Å². The fraction of sp³-hybridized carbons (Fsp3) is 0.333. The third-order valence-corrected chi connectivity index (χ3v) is 6.02. The van der Waals surface area contributed by atoms with Crippen LogP contribution in [0.15, 0.2) is 42.9 Å². The summed E-state index contributed by atoms with van der Waals surface area (Å²) in [5, 5.41) is 1.03. The van der Waals surface area contributed by atoms with E-state index in [0.29, 0.717) is 57.5 Å². The highest BCUT2D eigenvalue weighted by Gasteiger charge is 2.20. The van der Waals surface area contributed by atoms with Gasteiger partial charge in [0.05, 0.1) is 35.5 Å². The van der Waals surface area contributed by atoms with Gasteiger partial charge in [-0.3, -0.25) is 0 Å². The fourth-order valence-electron chi connectivity index (χ4n) is 4.13. The molecule has 0 radical (unpaired) electrons. The topological polar surface area (TPSA) is 72.5 Å². The first-order valence-electron chi connectivity index (χ1n) is 10.7. The number of fused-ring (bicyclic) bond motifs is 2. The molecule has 0 spiro atoms. The van der Waals surface area contributed by atoms with Gasteiger partial charge in [-0.25, -0.2) is 14.4 Å². The van der Waals surface area contributed by atoms with Gasteiger partial charge in [-0.05, 0) is 57.1 Å². The van der Waals surface area contributed by atoms with Gasteiger partial charge in [0, 0.05) is 12.3 Å². The summed E-state index contributed by atoms with van der Waals surface area (Å²) in [5.74, 6) is 2.06. The minimum atomic E-state index is -0.362. The van der Waals surface area contributed by atoms with Gasteiger partial charge in [-0.2, -0.15) is 0 Å². The molecule has 0 unspecified atom stereocenters. The summed E-state index contributed by atoms with van der Waals surface area (Å²) < 4.78 is 32.1. The minimum absolute atomic E-state index is 0.319. The summed E-state index contributed by atoms with van der Waals surface area (Å²) in [6.07, 6.45) is 5.29. The summed E-state index contributed by atoms with van der Waals surface area (Å²) in [4.78, 5) is 14.0. The van der Waals surface area contributed by atoms with Crippen LogP contribution in [0.25, 0.3) is 21.8 Å². The zero-order valence-electron chi connectivity index (χ0n) is 18.1. The molecule has 3 heterocycles. The van der Waals surface area contributed by atoms with Crippen molar-refractivity contribution in [1.29, 1.82) is 0 Å². The van der Waals surface area contributed by atoms with E-state index in [1.807, 2.05) is 6.07 Å². The average molecular weight is 436 g/mol. The van der Waals surface area contributed by atoms with Crippen molar-refractivity contribution in [3.05, 3.63) is 48.7 Å². The largest absolute Gasteiger partial charge is 0.493 e. The van der Waals surface area contributed by atoms with Crippen LogP contribution in [-0.2, 0) is 0 Å². The van der Waals surface area contributed by atoms with Crippen LogP contribution in [0.5, 0.6) is 23.1 Å². The summed E-state index contributed by atoms with van der Waals surface area (Å²) in [7, 11) is 3.75. The summed E-state index contributed by atoms with van der Waals surface area (Å²) >= 11 is 0. The number of methoxy groups -OCH3 is 1. The third-order valence-electron chi connectivity index (χ3n) is 6.02. The summed E-state index contributed by atoms with van der Waals surface area (Å²) in [5.41, 5.74) is 1.31. The molecule has 7 nitrogen and oxygen atoms in total. The van der Waals surface area contributed by atoms with Crippen LogP contribution in [0.3, 0.4) is 0 Å². The fourth-order valence-corrected chi connectivity index (χ4v) is 4.13. The third kappa shape index (κ3) is 3.93. The van der Waals surface area contributed by atoms with Gasteiger partial charge < -0.3 is 24.1 Å². The van der Waals surface area contributed by atoms with Gasteiger partial charge in [0.15, 0.2) is 17.2 Å². The SMILES string of the molecule is COc1cc2c(Oc3c[nH]c4cccc(F)c34)ncnc2cc1OCC1CCN(C)CC1. The molecule has 1 aliphatic heterocycles. The van der Waals surface area contributed by atoms with Gasteiger partial charge in [0.2, 0.25) is 5.88 Å². The first kappa shape index (κ1) is 20.5. The standard InChI is InChI=1S/C24H25FN4O3/c1-29-8-6-15(7-9-29)13-31-21-11-19-16(10-20(21)30-2)24(28-14-27-19)32-22-12-26-18-5-3-4-17(25)23(18)22/h3-5,10-12,14-15,26H,6-9,13H2,1-2H3. The molecule has 0 aliphatic carbocycles. The van der Waals surface area contributed by atoms with Crippen molar-refractivity contribution < 1.29 is 18.6 Å². The molecule has 0 saturated carbocycles. The summed E-state index contributed by atoms with van der Waals surface area (Å²) in [6, 6.07) is 8.49. The van der Waals surface area contributed by atoms with Crippen molar-refractivity contribution in [3.63, 3.8) is 0 Å². The van der Waals surface area contributed by atoms with Crippen molar-refractivity contribution in [2.75, 3.05) is 33.9 Å². The first-order chi connectivity index (χ1) is 15.6. The zero-order chi connectivity index (χ0) is 22.1. The number of likely N-dealkylation sites (tertiary alicyclic amines) is 1. The molecular weight excluding hydrogens is 411 g/mol. The Morgan fingerprint density at radius 1 is 1.12 bits per heavy atom. The second kappa shape index (κ2) is 8.63. The predicted molar refractivity (Wildman–Crippen MR) is 120 cm³/mol. The van der Waals surface area contributed by atoms with Gasteiger partial charge in [0.1, 0.15) is 12.1 Å². The molecule has 0 amide bonds. The second-order valence-electron chi connectivity index (χ2n) is 8.17. The molecule has 4 aromatic rings. The van der Waals surface area contributed by atoms with Crippen LogP contribution < -0.4 is 14.2 Å². The number of nitrogens with zero attached hydrogens (tertiary/aromatic N) is 3. The first-order valence-corrected chi connectivity index (χ1v) is 10.7. The van der Waals surface area contributed by atoms with Gasteiger partial charge in [0.25, 0.3) is 0 Å². The Bertz CT molecular complexity index is 1250. The van der Waals surface area contributed by atoms with E-state index in [-0.39, 0.29) is 5.82 Å². The summed E-state index contributed by atoms with van der Waals surface area (Å²) in [6.45, 7) is 2.81. The van der Waals surface area contributed by atoms with Crippen molar-refractivity contribution in [2.24, 2.45) is 5.92 Å². The smallest absolute Gasteiger partial charge is 0.230 e. The lowest BCUT2D eigenvalue weighted by Gasteiger charge is -2.28. The predicted octanol–water partition coefficient (Wildman–Crippen LogP) is 4.77. The number of nitrogens with one attached hydrogen (secondary N) is 1. The number of halogens is 1. The number of hydrogen-bond donors (Lipinski definition) is 1. The molecule has 32 heavy (non-hydrogen) atoms. The Labute approximate surface area is 185 Å². The highest BCUT2D eigenvalue weighted by atomic mass is 19.1. The Morgan fingerprint density at radius 2 is 1.97 bits per heavy atom. The highest BCUT2D eigenvalue weighted by Crippen LogP contribution is 2.38. The molecule has 5 rings (SSSR count). The van der Waals surface area contributed by atoms with Gasteiger partial charge in [-0.1, -0.05) is 6.07 Å². The molecule has 0 atom stereocenters. The van der Waals surface area contributed by atoms with E-state index in [1.165, 1.54) is 12.4 Å². The Balaban J connectivity index is 1.43. The second-order valence-corrected chi connectivity index (χ2v) is 8.17. The number of H-pyrrole nitrogens is 1. The maximum absolute atomic E-state index is 14.4. The molecule has 2 aromatic heterocycles. The van der Waals surface area contributed by atoms with E-state index >= 15 is 0 Å². The number of hydrogen-bond acceptors (Lipinski definition) is 6. The van der Waals surface area contributed by atoms with Crippen molar-refractivity contribution in [1.82, 2.24) is 19.9 Å². The van der Waals surface area contributed by atoms with Crippen LogP contribution >= 0.6 is 0 Å². The monoisotopic (exact) mass is 436 g/mol. The van der Waals surface area contributed by atoms with Crippen molar-refractivity contribution in [3.8, 4) is 23.1 Å². The Morgan fingerprint density at radius 3 is 2.78 bits per heavy atom. The number of aromatic amines is 1. The number of benzene rings is 2. The number of aromatic nitrogens is 3. The average Bonchev–Trinajstić information content (AvgIpc) is 3.22. The number of rotatable bonds is 6. The Kier molecular flexibility index (Phi) is 5.53. The van der Waals surface area contributed by atoms with Crippen molar-refractivity contribution in [2.45, 2.75) is 12.8 Å². The van der Waals surface area contributed by atoms with Crippen LogP contribution in [0, 0.1) is 11.7 Å². The van der Waals surface area contributed by atoms with Crippen LogP contribution in [0.4, 0.5) is 4.39 Å². The van der Waals surface area contributed by atoms with E-state index in [2.05, 4.69) is 26.9 Å². The maximum Gasteiger partial charge on any atom is 0.230 e. The Hall–Kier alpha value is -3.39.